The van der Waals surface area contributed by atoms with Crippen molar-refractivity contribution in [1.82, 2.24) is 9.97 Å². The molecule has 0 fully saturated rings. The fourth-order valence-corrected chi connectivity index (χ4v) is 5.21. The number of amides is 1. The summed E-state index contributed by atoms with van der Waals surface area (Å²) >= 11 is 11.9. The van der Waals surface area contributed by atoms with Gasteiger partial charge in [0.1, 0.15) is 10.7 Å². The Morgan fingerprint density at radius 3 is 2.46 bits per heavy atom. The summed E-state index contributed by atoms with van der Waals surface area (Å²) in [6.45, 7) is 5.19. The second kappa shape index (κ2) is 9.85. The van der Waals surface area contributed by atoms with E-state index in [1.807, 2.05) is 0 Å². The maximum absolute atomic E-state index is 15.6. The van der Waals surface area contributed by atoms with Gasteiger partial charge in [-0.05, 0) is 42.0 Å². The van der Waals surface area contributed by atoms with E-state index in [1.165, 1.54) is 30.5 Å². The highest BCUT2D eigenvalue weighted by atomic mass is 35.5. The zero-order chi connectivity index (χ0) is 27.1. The molecule has 0 atom stereocenters. The number of nitrogens with zero attached hydrogens (tertiary/aromatic N) is 2. The molecule has 0 aliphatic heterocycles. The molecule has 0 aliphatic carbocycles. The van der Waals surface area contributed by atoms with Crippen LogP contribution >= 0.6 is 23.2 Å². The van der Waals surface area contributed by atoms with Crippen molar-refractivity contribution >= 4 is 61.7 Å². The third kappa shape index (κ3) is 5.51. The Balaban J connectivity index is 1.77. The standard InChI is InChI=1S/C25H20Cl2F2N4O3S/c1-25(2,3)23(34)32-24-30-12-15-14(5-4-6-18(15)31-24)21-17(28)9-10-19(22(21)29)33-37(35,36)20-11-13(26)7-8-16(20)27/h4-12,33H,1-3H3,(H,30,31,32,34). The van der Waals surface area contributed by atoms with Gasteiger partial charge in [-0.3, -0.25) is 14.8 Å². The third-order valence-electron chi connectivity index (χ3n) is 5.32. The Morgan fingerprint density at radius 1 is 1.03 bits per heavy atom. The summed E-state index contributed by atoms with van der Waals surface area (Å²) in [5.74, 6) is -2.36. The van der Waals surface area contributed by atoms with E-state index in [1.54, 1.807) is 26.8 Å². The molecule has 0 radical (unpaired) electrons. The molecule has 0 spiro atoms. The Labute approximate surface area is 221 Å². The number of fused-ring (bicyclic) bond motifs is 1. The SMILES string of the molecule is CC(C)(C)C(=O)Nc1ncc2c(-c3c(F)ccc(NS(=O)(=O)c4cc(Cl)ccc4Cl)c3F)cccc2n1. The highest BCUT2D eigenvalue weighted by molar-refractivity contribution is 7.92. The lowest BCUT2D eigenvalue weighted by atomic mass is 9.96. The van der Waals surface area contributed by atoms with E-state index in [4.69, 9.17) is 23.2 Å². The van der Waals surface area contributed by atoms with Gasteiger partial charge < -0.3 is 0 Å². The van der Waals surface area contributed by atoms with Gasteiger partial charge in [-0.15, -0.1) is 0 Å². The molecule has 4 rings (SSSR count). The van der Waals surface area contributed by atoms with E-state index in [0.717, 1.165) is 18.2 Å². The van der Waals surface area contributed by atoms with E-state index in [9.17, 15) is 17.6 Å². The van der Waals surface area contributed by atoms with Crippen LogP contribution in [0.1, 0.15) is 20.8 Å². The number of hydrogen-bond donors (Lipinski definition) is 2. The van der Waals surface area contributed by atoms with Crippen molar-refractivity contribution in [2.24, 2.45) is 5.41 Å². The number of sulfonamides is 1. The molecule has 4 aromatic rings. The van der Waals surface area contributed by atoms with Crippen molar-refractivity contribution in [3.8, 4) is 11.1 Å². The first-order valence-electron chi connectivity index (χ1n) is 10.8. The number of halogens is 4. The molecule has 1 heterocycles. The number of hydrogen-bond acceptors (Lipinski definition) is 5. The van der Waals surface area contributed by atoms with Crippen molar-refractivity contribution < 1.29 is 22.0 Å². The maximum atomic E-state index is 15.6. The normalized spacial score (nSPS) is 12.0. The topological polar surface area (TPSA) is 101 Å². The molecule has 1 aromatic heterocycles. The van der Waals surface area contributed by atoms with Crippen LogP contribution in [0.4, 0.5) is 20.4 Å². The van der Waals surface area contributed by atoms with Crippen LogP contribution in [-0.4, -0.2) is 24.3 Å². The highest BCUT2D eigenvalue weighted by Gasteiger charge is 2.25. The fraction of sp³-hybridized carbons (Fsp3) is 0.160. The molecule has 1 amide bonds. The lowest BCUT2D eigenvalue weighted by Crippen LogP contribution is -2.28. The minimum absolute atomic E-state index is 0.0328. The first-order valence-corrected chi connectivity index (χ1v) is 13.1. The average Bonchev–Trinajstić information content (AvgIpc) is 2.82. The number of aromatic nitrogens is 2. The van der Waals surface area contributed by atoms with Gasteiger partial charge in [0, 0.05) is 22.0 Å². The molecule has 192 valence electrons. The monoisotopic (exact) mass is 564 g/mol. The third-order valence-corrected chi connectivity index (χ3v) is 7.40. The summed E-state index contributed by atoms with van der Waals surface area (Å²) in [4.78, 5) is 20.3. The molecular formula is C25H20Cl2F2N4O3S. The van der Waals surface area contributed by atoms with Gasteiger partial charge in [0.2, 0.25) is 11.9 Å². The first kappa shape index (κ1) is 26.7. The molecule has 3 aromatic carbocycles. The highest BCUT2D eigenvalue weighted by Crippen LogP contribution is 2.36. The molecule has 0 aliphatic rings. The maximum Gasteiger partial charge on any atom is 0.263 e. The average molecular weight is 565 g/mol. The van der Waals surface area contributed by atoms with E-state index in [0.29, 0.717) is 5.52 Å². The summed E-state index contributed by atoms with van der Waals surface area (Å²) in [5, 5.41) is 2.88. The minimum Gasteiger partial charge on any atom is -0.294 e. The first-order chi connectivity index (χ1) is 17.3. The van der Waals surface area contributed by atoms with Crippen LogP contribution in [0.15, 0.2) is 59.6 Å². The minimum atomic E-state index is -4.37. The Morgan fingerprint density at radius 2 is 1.76 bits per heavy atom. The molecular weight excluding hydrogens is 545 g/mol. The Kier molecular flexibility index (Phi) is 7.11. The van der Waals surface area contributed by atoms with Gasteiger partial charge >= 0.3 is 0 Å². The van der Waals surface area contributed by atoms with Crippen LogP contribution in [0.5, 0.6) is 0 Å². The summed E-state index contributed by atoms with van der Waals surface area (Å²) in [7, 11) is -4.37. The predicted molar refractivity (Wildman–Crippen MR) is 140 cm³/mol. The van der Waals surface area contributed by atoms with Gasteiger partial charge in [-0.2, -0.15) is 0 Å². The van der Waals surface area contributed by atoms with Crippen molar-refractivity contribution in [2.45, 2.75) is 25.7 Å². The molecule has 0 saturated heterocycles. The second-order valence-electron chi connectivity index (χ2n) is 9.10. The summed E-state index contributed by atoms with van der Waals surface area (Å²) in [5.41, 5.74) is -1.28. The van der Waals surface area contributed by atoms with Gasteiger partial charge in [0.05, 0.1) is 21.8 Å². The number of nitrogens with one attached hydrogen (secondary N) is 2. The molecule has 7 nitrogen and oxygen atoms in total. The van der Waals surface area contributed by atoms with Crippen molar-refractivity contribution in [2.75, 3.05) is 10.0 Å². The summed E-state index contributed by atoms with van der Waals surface area (Å²) < 4.78 is 58.5. The van der Waals surface area contributed by atoms with Crippen LogP contribution in [0.2, 0.25) is 10.0 Å². The van der Waals surface area contributed by atoms with Crippen LogP contribution < -0.4 is 10.0 Å². The molecule has 2 N–H and O–H groups in total. The van der Waals surface area contributed by atoms with Gasteiger partial charge in [0.25, 0.3) is 10.0 Å². The number of carbonyl (C=O) groups excluding carboxylic acids is 1. The molecule has 0 unspecified atom stereocenters. The Bertz CT molecular complexity index is 1660. The number of rotatable bonds is 5. The van der Waals surface area contributed by atoms with E-state index >= 15 is 4.39 Å². The molecule has 37 heavy (non-hydrogen) atoms. The smallest absolute Gasteiger partial charge is 0.263 e. The molecule has 0 bridgehead atoms. The van der Waals surface area contributed by atoms with Crippen molar-refractivity contribution in [1.29, 1.82) is 0 Å². The zero-order valence-corrected chi connectivity index (χ0v) is 22.1. The Hall–Kier alpha value is -3.34. The lowest BCUT2D eigenvalue weighted by molar-refractivity contribution is -0.123. The number of anilines is 2. The van der Waals surface area contributed by atoms with Crippen LogP contribution in [-0.2, 0) is 14.8 Å². The van der Waals surface area contributed by atoms with Crippen LogP contribution in [0.3, 0.4) is 0 Å². The van der Waals surface area contributed by atoms with Crippen molar-refractivity contribution in [3.63, 3.8) is 0 Å². The van der Waals surface area contributed by atoms with Gasteiger partial charge in [-0.25, -0.2) is 27.2 Å². The largest absolute Gasteiger partial charge is 0.294 e. The van der Waals surface area contributed by atoms with E-state index < -0.39 is 38.3 Å². The molecule has 0 saturated carbocycles. The fourth-order valence-electron chi connectivity index (χ4n) is 3.38. The van der Waals surface area contributed by atoms with Crippen molar-refractivity contribution in [3.05, 3.63) is 76.4 Å². The number of benzene rings is 3. The lowest BCUT2D eigenvalue weighted by Gasteiger charge is -2.17. The number of carbonyl (C=O) groups is 1. The molecule has 12 heteroatoms. The van der Waals surface area contributed by atoms with Crippen LogP contribution in [0, 0.1) is 17.0 Å². The van der Waals surface area contributed by atoms with Gasteiger partial charge in [0.15, 0.2) is 5.82 Å². The second-order valence-corrected chi connectivity index (χ2v) is 11.6. The summed E-state index contributed by atoms with van der Waals surface area (Å²) in [6.07, 6.45) is 1.33. The zero-order valence-electron chi connectivity index (χ0n) is 19.7. The van der Waals surface area contributed by atoms with E-state index in [-0.39, 0.29) is 37.7 Å². The summed E-state index contributed by atoms with van der Waals surface area (Å²) in [6, 6.07) is 10.3. The van der Waals surface area contributed by atoms with Crippen LogP contribution in [0.25, 0.3) is 22.0 Å². The van der Waals surface area contributed by atoms with E-state index in [2.05, 4.69) is 20.0 Å². The quantitative estimate of drug-likeness (QED) is 0.282. The predicted octanol–water partition coefficient (Wildman–Crippen LogP) is 6.67. The van der Waals surface area contributed by atoms with Gasteiger partial charge in [-0.1, -0.05) is 56.1 Å².